The summed E-state index contributed by atoms with van der Waals surface area (Å²) in [6, 6.07) is 6.47. The average Bonchev–Trinajstić information content (AvgIpc) is 2.48. The van der Waals surface area contributed by atoms with Gasteiger partial charge >= 0.3 is 0 Å². The lowest BCUT2D eigenvalue weighted by atomic mass is 10.2. The van der Waals surface area contributed by atoms with Gasteiger partial charge in [0.2, 0.25) is 15.9 Å². The van der Waals surface area contributed by atoms with Crippen LogP contribution in [0.3, 0.4) is 0 Å². The van der Waals surface area contributed by atoms with E-state index in [2.05, 4.69) is 10.3 Å². The van der Waals surface area contributed by atoms with Gasteiger partial charge in [0.05, 0.1) is 4.90 Å². The standard InChI is InChI=1S/C13H15N3O3S/c17-13-11-2-1-3-12(10(11)4-5-15-13)20(18,19)16-8-6-14-7-9-16/h1-5,14H,6-9H2,(H,15,17). The van der Waals surface area contributed by atoms with Crippen molar-refractivity contribution in [3.63, 3.8) is 0 Å². The summed E-state index contributed by atoms with van der Waals surface area (Å²) >= 11 is 0. The highest BCUT2D eigenvalue weighted by molar-refractivity contribution is 7.89. The smallest absolute Gasteiger partial charge is 0.243 e. The number of sulfonamides is 1. The zero-order valence-corrected chi connectivity index (χ0v) is 11.6. The topological polar surface area (TPSA) is 82.5 Å². The van der Waals surface area contributed by atoms with Crippen molar-refractivity contribution >= 4 is 20.8 Å². The summed E-state index contributed by atoms with van der Waals surface area (Å²) < 4.78 is 26.9. The molecule has 0 spiro atoms. The number of hydrogen-bond acceptors (Lipinski definition) is 5. The highest BCUT2D eigenvalue weighted by Gasteiger charge is 2.27. The molecule has 1 fully saturated rings. The molecule has 1 aliphatic heterocycles. The fourth-order valence-electron chi connectivity index (χ4n) is 2.41. The number of benzene rings is 1. The van der Waals surface area contributed by atoms with Gasteiger partial charge in [-0.3, -0.25) is 0 Å². The molecule has 1 aliphatic rings. The maximum Gasteiger partial charge on any atom is 0.243 e. The van der Waals surface area contributed by atoms with Gasteiger partial charge in [0.15, 0.2) is 0 Å². The molecule has 0 amide bonds. The maximum atomic E-state index is 12.7. The van der Waals surface area contributed by atoms with Gasteiger partial charge in [-0.15, -0.1) is 0 Å². The van der Waals surface area contributed by atoms with Crippen molar-refractivity contribution in [2.75, 3.05) is 26.2 Å². The molecule has 0 radical (unpaired) electrons. The number of rotatable bonds is 2. The summed E-state index contributed by atoms with van der Waals surface area (Å²) in [5.74, 6) is -0.153. The summed E-state index contributed by atoms with van der Waals surface area (Å²) in [5.41, 5.74) is 0. The van der Waals surface area contributed by atoms with Crippen molar-refractivity contribution in [3.8, 4) is 5.88 Å². The van der Waals surface area contributed by atoms with E-state index in [-0.39, 0.29) is 10.8 Å². The SMILES string of the molecule is O=S(=O)(c1cccc2c(O)nccc12)N1CCNCC1. The third kappa shape index (κ3) is 2.13. The monoisotopic (exact) mass is 293 g/mol. The molecule has 7 heteroatoms. The number of nitrogens with one attached hydrogen (secondary N) is 1. The minimum atomic E-state index is -3.55. The Morgan fingerprint density at radius 1 is 1.15 bits per heavy atom. The quantitative estimate of drug-likeness (QED) is 0.844. The van der Waals surface area contributed by atoms with Crippen LogP contribution >= 0.6 is 0 Å². The highest BCUT2D eigenvalue weighted by Crippen LogP contribution is 2.29. The van der Waals surface area contributed by atoms with Crippen LogP contribution in [0.1, 0.15) is 0 Å². The number of hydrogen-bond donors (Lipinski definition) is 2. The van der Waals surface area contributed by atoms with E-state index in [0.29, 0.717) is 37.0 Å². The lowest BCUT2D eigenvalue weighted by Gasteiger charge is -2.27. The fraction of sp³-hybridized carbons (Fsp3) is 0.308. The van der Waals surface area contributed by atoms with E-state index in [4.69, 9.17) is 0 Å². The summed E-state index contributed by atoms with van der Waals surface area (Å²) in [7, 11) is -3.55. The Balaban J connectivity index is 2.16. The van der Waals surface area contributed by atoms with Crippen molar-refractivity contribution in [2.45, 2.75) is 4.90 Å². The molecule has 6 nitrogen and oxygen atoms in total. The second-order valence-electron chi connectivity index (χ2n) is 4.64. The van der Waals surface area contributed by atoms with Crippen molar-refractivity contribution in [1.29, 1.82) is 0 Å². The first-order chi connectivity index (χ1) is 9.60. The Morgan fingerprint density at radius 2 is 1.90 bits per heavy atom. The predicted octanol–water partition coefficient (Wildman–Crippen LogP) is 0.534. The van der Waals surface area contributed by atoms with Crippen LogP contribution in [-0.2, 0) is 10.0 Å². The summed E-state index contributed by atoms with van der Waals surface area (Å²) in [6.45, 7) is 2.21. The molecule has 0 atom stereocenters. The van der Waals surface area contributed by atoms with Crippen LogP contribution in [-0.4, -0.2) is 49.0 Å². The van der Waals surface area contributed by atoms with Crippen molar-refractivity contribution < 1.29 is 13.5 Å². The minimum absolute atomic E-state index is 0.153. The van der Waals surface area contributed by atoms with Gasteiger partial charge in [-0.2, -0.15) is 4.31 Å². The molecule has 0 aliphatic carbocycles. The van der Waals surface area contributed by atoms with Crippen LogP contribution < -0.4 is 5.32 Å². The van der Waals surface area contributed by atoms with Crippen LogP contribution in [0.2, 0.25) is 0 Å². The Kier molecular flexibility index (Phi) is 3.33. The second kappa shape index (κ2) is 5.01. The second-order valence-corrected chi connectivity index (χ2v) is 6.55. The average molecular weight is 293 g/mol. The van der Waals surface area contributed by atoms with Crippen molar-refractivity contribution in [1.82, 2.24) is 14.6 Å². The van der Waals surface area contributed by atoms with Crippen molar-refractivity contribution in [3.05, 3.63) is 30.5 Å². The van der Waals surface area contributed by atoms with Gasteiger partial charge in [-0.1, -0.05) is 6.07 Å². The molecular formula is C13H15N3O3S. The van der Waals surface area contributed by atoms with Crippen molar-refractivity contribution in [2.24, 2.45) is 0 Å². The van der Waals surface area contributed by atoms with Crippen LogP contribution in [0, 0.1) is 0 Å². The third-order valence-corrected chi connectivity index (χ3v) is 5.40. The maximum absolute atomic E-state index is 12.7. The van der Waals surface area contributed by atoms with E-state index in [1.807, 2.05) is 0 Å². The molecule has 2 aromatic rings. The normalized spacial score (nSPS) is 17.4. The molecule has 1 aromatic heterocycles. The first-order valence-electron chi connectivity index (χ1n) is 6.38. The van der Waals surface area contributed by atoms with E-state index >= 15 is 0 Å². The number of pyridine rings is 1. The first kappa shape index (κ1) is 13.3. The van der Waals surface area contributed by atoms with E-state index in [9.17, 15) is 13.5 Å². The van der Waals surface area contributed by atoms with Gasteiger partial charge in [0.25, 0.3) is 0 Å². The zero-order valence-electron chi connectivity index (χ0n) is 10.8. The summed E-state index contributed by atoms with van der Waals surface area (Å²) in [4.78, 5) is 4.00. The molecule has 3 rings (SSSR count). The number of fused-ring (bicyclic) bond motifs is 1. The largest absolute Gasteiger partial charge is 0.493 e. The Labute approximate surface area is 117 Å². The molecule has 2 N–H and O–H groups in total. The van der Waals surface area contributed by atoms with Crippen LogP contribution in [0.15, 0.2) is 35.4 Å². The molecule has 0 unspecified atom stereocenters. The van der Waals surface area contributed by atoms with Crippen LogP contribution in [0.4, 0.5) is 0 Å². The molecule has 1 saturated heterocycles. The predicted molar refractivity (Wildman–Crippen MR) is 75.0 cm³/mol. The Bertz CT molecular complexity index is 740. The van der Waals surface area contributed by atoms with E-state index in [1.54, 1.807) is 24.3 Å². The lowest BCUT2D eigenvalue weighted by molar-refractivity contribution is 0.360. The molecule has 0 saturated carbocycles. The van der Waals surface area contributed by atoms with E-state index in [1.165, 1.54) is 10.5 Å². The molecule has 106 valence electrons. The number of piperazine rings is 1. The molecule has 20 heavy (non-hydrogen) atoms. The molecular weight excluding hydrogens is 278 g/mol. The zero-order chi connectivity index (χ0) is 14.2. The minimum Gasteiger partial charge on any atom is -0.493 e. The summed E-state index contributed by atoms with van der Waals surface area (Å²) in [6.07, 6.45) is 1.41. The van der Waals surface area contributed by atoms with Gasteiger partial charge in [0.1, 0.15) is 0 Å². The highest BCUT2D eigenvalue weighted by atomic mass is 32.2. The summed E-state index contributed by atoms with van der Waals surface area (Å²) in [5, 5.41) is 13.8. The molecule has 2 heterocycles. The van der Waals surface area contributed by atoms with E-state index in [0.717, 1.165) is 0 Å². The lowest BCUT2D eigenvalue weighted by Crippen LogP contribution is -2.46. The number of aromatic hydroxyl groups is 1. The van der Waals surface area contributed by atoms with Gasteiger partial charge in [-0.05, 0) is 18.2 Å². The van der Waals surface area contributed by atoms with Crippen LogP contribution in [0.5, 0.6) is 5.88 Å². The third-order valence-electron chi connectivity index (χ3n) is 3.44. The van der Waals surface area contributed by atoms with E-state index < -0.39 is 10.0 Å². The Morgan fingerprint density at radius 3 is 2.65 bits per heavy atom. The molecule has 1 aromatic carbocycles. The number of nitrogens with zero attached hydrogens (tertiary/aromatic N) is 2. The fourth-order valence-corrected chi connectivity index (χ4v) is 4.06. The van der Waals surface area contributed by atoms with Crippen LogP contribution in [0.25, 0.3) is 10.8 Å². The van der Waals surface area contributed by atoms with Gasteiger partial charge in [0, 0.05) is 43.1 Å². The van der Waals surface area contributed by atoms with Gasteiger partial charge < -0.3 is 10.4 Å². The first-order valence-corrected chi connectivity index (χ1v) is 7.82. The van der Waals surface area contributed by atoms with Gasteiger partial charge in [-0.25, -0.2) is 13.4 Å². The Hall–Kier alpha value is -1.70. The molecule has 0 bridgehead atoms. The number of aromatic nitrogens is 1.